The molecule has 0 unspecified atom stereocenters. The minimum atomic E-state index is 0.226. The van der Waals surface area contributed by atoms with Crippen molar-refractivity contribution in [2.24, 2.45) is 0 Å². The van der Waals surface area contributed by atoms with Crippen molar-refractivity contribution in [3.8, 4) is 0 Å². The molecule has 0 radical (unpaired) electrons. The summed E-state index contributed by atoms with van der Waals surface area (Å²) in [5, 5.41) is 0. The number of amides is 1. The van der Waals surface area contributed by atoms with Crippen LogP contribution >= 0.6 is 0 Å². The summed E-state index contributed by atoms with van der Waals surface area (Å²) in [6, 6.07) is 10.9. The molecule has 0 bridgehead atoms. The highest BCUT2D eigenvalue weighted by Crippen LogP contribution is 2.09. The fourth-order valence-electron chi connectivity index (χ4n) is 2.82. The maximum absolute atomic E-state index is 12.6. The minimum Gasteiger partial charge on any atom is -0.337 e. The summed E-state index contributed by atoms with van der Waals surface area (Å²) in [6.07, 6.45) is 1.06. The third-order valence-electron chi connectivity index (χ3n) is 3.55. The van der Waals surface area contributed by atoms with E-state index < -0.39 is 0 Å². The van der Waals surface area contributed by atoms with Crippen LogP contribution in [0.25, 0.3) is 0 Å². The van der Waals surface area contributed by atoms with Crippen LogP contribution in [-0.2, 0) is 11.3 Å². The monoisotopic (exact) mass is 290 g/mol. The molecule has 0 aromatic heterocycles. The van der Waals surface area contributed by atoms with Gasteiger partial charge in [-0.15, -0.1) is 0 Å². The fraction of sp³-hybridized carbons (Fsp3) is 0.611. The summed E-state index contributed by atoms with van der Waals surface area (Å²) in [6.45, 7) is 12.8. The van der Waals surface area contributed by atoms with Crippen molar-refractivity contribution >= 4 is 5.91 Å². The molecule has 3 heteroatoms. The summed E-state index contributed by atoms with van der Waals surface area (Å²) < 4.78 is 0. The number of benzene rings is 1. The Balaban J connectivity index is 2.71. The van der Waals surface area contributed by atoms with Gasteiger partial charge in [0.25, 0.3) is 0 Å². The molecule has 118 valence electrons. The first-order valence-corrected chi connectivity index (χ1v) is 8.03. The Morgan fingerprint density at radius 2 is 1.62 bits per heavy atom. The summed E-state index contributed by atoms with van der Waals surface area (Å²) in [5.74, 6) is 0.226. The molecular formula is C18H30N2O. The maximum Gasteiger partial charge on any atom is 0.237 e. The lowest BCUT2D eigenvalue weighted by atomic mass is 10.2. The molecular weight excluding hydrogens is 260 g/mol. The van der Waals surface area contributed by atoms with E-state index in [1.165, 1.54) is 5.56 Å². The van der Waals surface area contributed by atoms with Gasteiger partial charge in [0.2, 0.25) is 5.91 Å². The van der Waals surface area contributed by atoms with Crippen LogP contribution < -0.4 is 0 Å². The van der Waals surface area contributed by atoms with Gasteiger partial charge in [-0.1, -0.05) is 37.3 Å². The second-order valence-corrected chi connectivity index (χ2v) is 6.18. The van der Waals surface area contributed by atoms with Crippen molar-refractivity contribution in [1.82, 2.24) is 9.80 Å². The minimum absolute atomic E-state index is 0.226. The molecule has 0 spiro atoms. The molecule has 0 aliphatic rings. The Bertz CT molecular complexity index is 406. The number of carbonyl (C=O) groups is 1. The molecule has 1 amide bonds. The van der Waals surface area contributed by atoms with Crippen molar-refractivity contribution in [1.29, 1.82) is 0 Å². The zero-order valence-corrected chi connectivity index (χ0v) is 14.2. The molecule has 0 saturated carbocycles. The first-order valence-electron chi connectivity index (χ1n) is 8.03. The number of hydrogen-bond acceptors (Lipinski definition) is 2. The van der Waals surface area contributed by atoms with Crippen LogP contribution in [0.1, 0.15) is 46.6 Å². The van der Waals surface area contributed by atoms with Gasteiger partial charge in [0, 0.05) is 18.6 Å². The van der Waals surface area contributed by atoms with Gasteiger partial charge in [-0.25, -0.2) is 0 Å². The van der Waals surface area contributed by atoms with Gasteiger partial charge in [-0.3, -0.25) is 9.69 Å². The van der Waals surface area contributed by atoms with Crippen molar-refractivity contribution < 1.29 is 4.79 Å². The highest BCUT2D eigenvalue weighted by Gasteiger charge is 2.22. The van der Waals surface area contributed by atoms with Gasteiger partial charge in [0.05, 0.1) is 6.54 Å². The normalized spacial score (nSPS) is 11.4. The van der Waals surface area contributed by atoms with Crippen LogP contribution in [0.4, 0.5) is 0 Å². The number of carbonyl (C=O) groups excluding carboxylic acids is 1. The second-order valence-electron chi connectivity index (χ2n) is 6.18. The predicted molar refractivity (Wildman–Crippen MR) is 89.1 cm³/mol. The molecule has 3 nitrogen and oxygen atoms in total. The molecule has 0 fully saturated rings. The molecule has 0 aliphatic carbocycles. The molecule has 1 rings (SSSR count). The highest BCUT2D eigenvalue weighted by molar-refractivity contribution is 5.78. The molecule has 1 aromatic rings. The molecule has 0 aliphatic heterocycles. The van der Waals surface area contributed by atoms with Crippen LogP contribution in [0.2, 0.25) is 0 Å². The summed E-state index contributed by atoms with van der Waals surface area (Å²) in [7, 11) is 0. The topological polar surface area (TPSA) is 23.6 Å². The molecule has 0 N–H and O–H groups in total. The number of hydrogen-bond donors (Lipinski definition) is 0. The van der Waals surface area contributed by atoms with E-state index in [2.05, 4.69) is 63.8 Å². The second kappa shape index (κ2) is 8.83. The van der Waals surface area contributed by atoms with E-state index in [1.807, 2.05) is 11.0 Å². The van der Waals surface area contributed by atoms with Gasteiger partial charge >= 0.3 is 0 Å². The Morgan fingerprint density at radius 3 is 2.10 bits per heavy atom. The lowest BCUT2D eigenvalue weighted by molar-refractivity contribution is -0.136. The lowest BCUT2D eigenvalue weighted by Gasteiger charge is -2.33. The zero-order valence-electron chi connectivity index (χ0n) is 14.2. The largest absolute Gasteiger partial charge is 0.337 e. The van der Waals surface area contributed by atoms with Crippen molar-refractivity contribution in [3.63, 3.8) is 0 Å². The van der Waals surface area contributed by atoms with E-state index in [0.29, 0.717) is 6.54 Å². The first kappa shape index (κ1) is 17.7. The van der Waals surface area contributed by atoms with Crippen LogP contribution in [-0.4, -0.2) is 40.9 Å². The number of nitrogens with zero attached hydrogens (tertiary/aromatic N) is 2. The van der Waals surface area contributed by atoms with Crippen LogP contribution in [0, 0.1) is 0 Å². The van der Waals surface area contributed by atoms with E-state index in [4.69, 9.17) is 0 Å². The Hall–Kier alpha value is -1.35. The van der Waals surface area contributed by atoms with Gasteiger partial charge in [0.15, 0.2) is 0 Å². The van der Waals surface area contributed by atoms with Crippen molar-refractivity contribution in [2.75, 3.05) is 13.1 Å². The van der Waals surface area contributed by atoms with Crippen LogP contribution in [0.15, 0.2) is 30.3 Å². The average Bonchev–Trinajstić information content (AvgIpc) is 2.39. The first-order chi connectivity index (χ1) is 9.95. The fourth-order valence-corrected chi connectivity index (χ4v) is 2.82. The third kappa shape index (κ3) is 5.88. The van der Waals surface area contributed by atoms with E-state index in [0.717, 1.165) is 19.5 Å². The molecule has 21 heavy (non-hydrogen) atoms. The summed E-state index contributed by atoms with van der Waals surface area (Å²) in [5.41, 5.74) is 1.26. The van der Waals surface area contributed by atoms with E-state index in [-0.39, 0.29) is 18.0 Å². The van der Waals surface area contributed by atoms with Gasteiger partial charge in [0.1, 0.15) is 0 Å². The quantitative estimate of drug-likeness (QED) is 0.731. The summed E-state index contributed by atoms with van der Waals surface area (Å²) in [4.78, 5) is 16.8. The van der Waals surface area contributed by atoms with E-state index in [9.17, 15) is 4.79 Å². The molecule has 0 heterocycles. The van der Waals surface area contributed by atoms with Crippen molar-refractivity contribution in [3.05, 3.63) is 35.9 Å². The number of rotatable bonds is 8. The van der Waals surface area contributed by atoms with E-state index >= 15 is 0 Å². The average molecular weight is 290 g/mol. The maximum atomic E-state index is 12.6. The zero-order chi connectivity index (χ0) is 15.8. The third-order valence-corrected chi connectivity index (χ3v) is 3.55. The summed E-state index contributed by atoms with van der Waals surface area (Å²) >= 11 is 0. The SMILES string of the molecule is CCCN(CC(=O)N(C(C)C)C(C)C)Cc1ccccc1. The van der Waals surface area contributed by atoms with Crippen molar-refractivity contribution in [2.45, 2.75) is 59.7 Å². The highest BCUT2D eigenvalue weighted by atomic mass is 16.2. The van der Waals surface area contributed by atoms with Gasteiger partial charge in [-0.2, -0.15) is 0 Å². The van der Waals surface area contributed by atoms with Gasteiger partial charge in [-0.05, 0) is 46.2 Å². The van der Waals surface area contributed by atoms with Crippen LogP contribution in [0.3, 0.4) is 0 Å². The smallest absolute Gasteiger partial charge is 0.237 e. The standard InChI is InChI=1S/C18H30N2O/c1-6-12-19(13-17-10-8-7-9-11-17)14-18(21)20(15(2)3)16(4)5/h7-11,15-16H,6,12-14H2,1-5H3. The lowest BCUT2D eigenvalue weighted by Crippen LogP contribution is -2.47. The Kier molecular flexibility index (Phi) is 7.44. The van der Waals surface area contributed by atoms with Crippen LogP contribution in [0.5, 0.6) is 0 Å². The van der Waals surface area contributed by atoms with E-state index in [1.54, 1.807) is 0 Å². The Morgan fingerprint density at radius 1 is 1.05 bits per heavy atom. The Labute approximate surface area is 129 Å². The molecule has 0 saturated heterocycles. The predicted octanol–water partition coefficient (Wildman–Crippen LogP) is 3.54. The molecule has 0 atom stereocenters. The van der Waals surface area contributed by atoms with Gasteiger partial charge < -0.3 is 4.90 Å². The molecule has 1 aromatic carbocycles.